The van der Waals surface area contributed by atoms with Gasteiger partial charge >= 0.3 is 0 Å². The van der Waals surface area contributed by atoms with Gasteiger partial charge in [0.05, 0.1) is 31.4 Å². The molecule has 0 amide bonds. The van der Waals surface area contributed by atoms with Gasteiger partial charge in [-0.15, -0.1) is 0 Å². The van der Waals surface area contributed by atoms with E-state index in [4.69, 9.17) is 9.47 Å². The molecule has 0 atom stereocenters. The van der Waals surface area contributed by atoms with Crippen LogP contribution in [-0.2, 0) is 4.74 Å². The molecule has 2 aromatic carbocycles. The number of para-hydroxylation sites is 2. The van der Waals surface area contributed by atoms with Crippen molar-refractivity contribution in [3.63, 3.8) is 0 Å². The van der Waals surface area contributed by atoms with Gasteiger partial charge in [0.15, 0.2) is 5.82 Å². The highest BCUT2D eigenvalue weighted by Crippen LogP contribution is 2.30. The van der Waals surface area contributed by atoms with Crippen LogP contribution in [0.3, 0.4) is 0 Å². The minimum absolute atomic E-state index is 0.289. The number of rotatable bonds is 6. The predicted molar refractivity (Wildman–Crippen MR) is 121 cm³/mol. The first-order valence-electron chi connectivity index (χ1n) is 10.5. The van der Waals surface area contributed by atoms with Gasteiger partial charge in [-0.2, -0.15) is 9.97 Å². The van der Waals surface area contributed by atoms with Crippen molar-refractivity contribution in [2.45, 2.75) is 6.43 Å². The number of halogens is 2. The van der Waals surface area contributed by atoms with Gasteiger partial charge in [0.1, 0.15) is 17.4 Å². The van der Waals surface area contributed by atoms with E-state index in [1.165, 1.54) is 4.57 Å². The molecule has 4 aromatic rings. The molecular weight excluding hydrogens is 430 g/mol. The van der Waals surface area contributed by atoms with Crippen molar-refractivity contribution in [1.29, 1.82) is 0 Å². The quantitative estimate of drug-likeness (QED) is 0.466. The van der Waals surface area contributed by atoms with E-state index in [0.717, 1.165) is 11.4 Å². The molecule has 1 fully saturated rings. The maximum atomic E-state index is 13.9. The zero-order valence-corrected chi connectivity index (χ0v) is 17.9. The smallest absolute Gasteiger partial charge is 0.296 e. The summed E-state index contributed by atoms with van der Waals surface area (Å²) in [5.41, 5.74) is 1.77. The van der Waals surface area contributed by atoms with Gasteiger partial charge in [-0.3, -0.25) is 4.57 Å². The molecule has 0 unspecified atom stereocenters. The fourth-order valence-electron chi connectivity index (χ4n) is 3.78. The van der Waals surface area contributed by atoms with E-state index in [0.29, 0.717) is 49.0 Å². The van der Waals surface area contributed by atoms with Crippen LogP contribution in [0.25, 0.3) is 16.9 Å². The lowest BCUT2D eigenvalue weighted by atomic mass is 10.3. The average Bonchev–Trinajstić information content (AvgIpc) is 3.25. The van der Waals surface area contributed by atoms with E-state index in [9.17, 15) is 8.78 Å². The number of hydrogen-bond acceptors (Lipinski definition) is 7. The highest BCUT2D eigenvalue weighted by Gasteiger charge is 2.23. The summed E-state index contributed by atoms with van der Waals surface area (Å²) in [6.07, 6.45) is -2.77. The Hall–Kier alpha value is -3.79. The number of methoxy groups -OCH3 is 1. The number of morpholine rings is 1. The minimum atomic E-state index is -2.77. The van der Waals surface area contributed by atoms with E-state index in [1.54, 1.807) is 37.4 Å². The zero-order valence-electron chi connectivity index (χ0n) is 17.9. The third kappa shape index (κ3) is 4.29. The van der Waals surface area contributed by atoms with Gasteiger partial charge < -0.3 is 19.7 Å². The SMILES string of the molecule is COc1ccc(Nc2nc(N3CCOCC3)cc(-n3c(C(F)F)nc4ccccc43)n2)cc1. The molecule has 2 aromatic heterocycles. The first kappa shape index (κ1) is 21.1. The number of alkyl halides is 2. The second-order valence-electron chi connectivity index (χ2n) is 7.46. The second-order valence-corrected chi connectivity index (χ2v) is 7.46. The number of fused-ring (bicyclic) bond motifs is 1. The Labute approximate surface area is 188 Å². The number of nitrogens with one attached hydrogen (secondary N) is 1. The molecule has 1 saturated heterocycles. The number of imidazole rings is 1. The van der Waals surface area contributed by atoms with E-state index in [-0.39, 0.29) is 11.8 Å². The second kappa shape index (κ2) is 8.99. The van der Waals surface area contributed by atoms with Crippen molar-refractivity contribution in [1.82, 2.24) is 19.5 Å². The van der Waals surface area contributed by atoms with Gasteiger partial charge in [-0.25, -0.2) is 13.8 Å². The molecule has 5 rings (SSSR count). The van der Waals surface area contributed by atoms with Crippen molar-refractivity contribution in [3.8, 4) is 11.6 Å². The molecule has 3 heterocycles. The van der Waals surface area contributed by atoms with Crippen LogP contribution in [0, 0.1) is 0 Å². The Morgan fingerprint density at radius 3 is 2.42 bits per heavy atom. The fraction of sp³-hybridized carbons (Fsp3) is 0.261. The molecule has 1 aliphatic rings. The molecule has 0 spiro atoms. The summed E-state index contributed by atoms with van der Waals surface area (Å²) in [6.45, 7) is 2.42. The summed E-state index contributed by atoms with van der Waals surface area (Å²) >= 11 is 0. The van der Waals surface area contributed by atoms with Crippen molar-refractivity contribution >= 4 is 28.5 Å². The van der Waals surface area contributed by atoms with Crippen LogP contribution < -0.4 is 15.0 Å². The van der Waals surface area contributed by atoms with Crippen LogP contribution in [0.1, 0.15) is 12.2 Å². The number of anilines is 3. The summed E-state index contributed by atoms with van der Waals surface area (Å²) in [6, 6.07) is 16.0. The number of hydrogen-bond donors (Lipinski definition) is 1. The molecule has 0 bridgehead atoms. The van der Waals surface area contributed by atoms with Crippen LogP contribution in [-0.4, -0.2) is 52.9 Å². The fourth-order valence-corrected chi connectivity index (χ4v) is 3.78. The Balaban J connectivity index is 1.63. The van der Waals surface area contributed by atoms with Crippen molar-refractivity contribution < 1.29 is 18.3 Å². The van der Waals surface area contributed by atoms with Gasteiger partial charge in [-0.1, -0.05) is 12.1 Å². The monoisotopic (exact) mass is 452 g/mol. The number of benzene rings is 2. The molecule has 33 heavy (non-hydrogen) atoms. The van der Waals surface area contributed by atoms with Gasteiger partial charge in [0.25, 0.3) is 6.43 Å². The molecule has 1 N–H and O–H groups in total. The highest BCUT2D eigenvalue weighted by molar-refractivity contribution is 5.78. The molecule has 1 aliphatic heterocycles. The van der Waals surface area contributed by atoms with Crippen LogP contribution in [0.15, 0.2) is 54.6 Å². The van der Waals surface area contributed by atoms with E-state index in [2.05, 4.69) is 25.2 Å². The topological polar surface area (TPSA) is 77.3 Å². The Morgan fingerprint density at radius 1 is 0.970 bits per heavy atom. The minimum Gasteiger partial charge on any atom is -0.497 e. The Kier molecular flexibility index (Phi) is 5.74. The Bertz CT molecular complexity index is 1260. The van der Waals surface area contributed by atoms with Crippen molar-refractivity contribution in [3.05, 3.63) is 60.4 Å². The van der Waals surface area contributed by atoms with Crippen LogP contribution in [0.5, 0.6) is 5.75 Å². The van der Waals surface area contributed by atoms with E-state index in [1.807, 2.05) is 24.3 Å². The normalized spacial score (nSPS) is 14.1. The predicted octanol–water partition coefficient (Wildman–Crippen LogP) is 4.34. The lowest BCUT2D eigenvalue weighted by Crippen LogP contribution is -2.37. The Morgan fingerprint density at radius 2 is 1.70 bits per heavy atom. The number of nitrogens with zero attached hydrogens (tertiary/aromatic N) is 5. The van der Waals surface area contributed by atoms with E-state index >= 15 is 0 Å². The van der Waals surface area contributed by atoms with E-state index < -0.39 is 6.43 Å². The molecule has 0 aliphatic carbocycles. The summed E-state index contributed by atoms with van der Waals surface area (Å²) in [5.74, 6) is 1.58. The van der Waals surface area contributed by atoms with Gasteiger partial charge in [0, 0.05) is 24.8 Å². The molecule has 10 heteroatoms. The summed E-state index contributed by atoms with van der Waals surface area (Å²) in [4.78, 5) is 15.4. The number of aromatic nitrogens is 4. The number of ether oxygens (including phenoxy) is 2. The van der Waals surface area contributed by atoms with Crippen molar-refractivity contribution in [2.24, 2.45) is 0 Å². The molecule has 0 radical (unpaired) electrons. The highest BCUT2D eigenvalue weighted by atomic mass is 19.3. The first-order valence-corrected chi connectivity index (χ1v) is 10.5. The largest absolute Gasteiger partial charge is 0.497 e. The summed E-state index contributed by atoms with van der Waals surface area (Å²) in [5, 5.41) is 3.18. The van der Waals surface area contributed by atoms with Crippen LogP contribution >= 0.6 is 0 Å². The molecule has 8 nitrogen and oxygen atoms in total. The lowest BCUT2D eigenvalue weighted by molar-refractivity contribution is 0.122. The summed E-state index contributed by atoms with van der Waals surface area (Å²) in [7, 11) is 1.60. The average molecular weight is 452 g/mol. The first-order chi connectivity index (χ1) is 16.1. The van der Waals surface area contributed by atoms with Gasteiger partial charge in [0.2, 0.25) is 5.95 Å². The third-order valence-corrected chi connectivity index (χ3v) is 5.39. The van der Waals surface area contributed by atoms with Crippen LogP contribution in [0.2, 0.25) is 0 Å². The maximum absolute atomic E-state index is 13.9. The molecule has 0 saturated carbocycles. The van der Waals surface area contributed by atoms with Gasteiger partial charge in [-0.05, 0) is 36.4 Å². The third-order valence-electron chi connectivity index (χ3n) is 5.39. The molecular formula is C23H22F2N6O2. The molecule has 170 valence electrons. The van der Waals surface area contributed by atoms with Crippen LogP contribution in [0.4, 0.5) is 26.2 Å². The van der Waals surface area contributed by atoms with Crippen molar-refractivity contribution in [2.75, 3.05) is 43.6 Å². The maximum Gasteiger partial charge on any atom is 0.296 e. The zero-order chi connectivity index (χ0) is 22.8. The standard InChI is InChI=1S/C23H22F2N6O2/c1-32-16-8-6-15(7-9-16)26-23-28-19(30-10-12-33-13-11-30)14-20(29-23)31-18-5-3-2-4-17(18)27-22(31)21(24)25/h2-9,14,21H,10-13H2,1H3,(H,26,28,29). The lowest BCUT2D eigenvalue weighted by Gasteiger charge is -2.28. The summed E-state index contributed by atoms with van der Waals surface area (Å²) < 4.78 is 39.9.